The van der Waals surface area contributed by atoms with Crippen molar-refractivity contribution in [3.05, 3.63) is 42.5 Å². The maximum atomic E-state index is 5.39. The molecule has 166 valence electrons. The summed E-state index contributed by atoms with van der Waals surface area (Å²) in [6.45, 7) is 7.37. The predicted octanol–water partition coefficient (Wildman–Crippen LogP) is 2.35. The summed E-state index contributed by atoms with van der Waals surface area (Å²) in [6, 6.07) is 6.44. The van der Waals surface area contributed by atoms with Crippen LogP contribution in [0.25, 0.3) is 0 Å². The average Bonchev–Trinajstić information content (AvgIpc) is 3.40. The summed E-state index contributed by atoms with van der Waals surface area (Å²) in [5, 5.41) is 6.93. The second-order valence-electron chi connectivity index (χ2n) is 7.15. The van der Waals surface area contributed by atoms with Crippen LogP contribution in [0.1, 0.15) is 18.9 Å². The van der Waals surface area contributed by atoms with Gasteiger partial charge in [-0.15, -0.1) is 24.0 Å². The zero-order valence-electron chi connectivity index (χ0n) is 18.0. The third kappa shape index (κ3) is 7.35. The van der Waals surface area contributed by atoms with Gasteiger partial charge in [0.2, 0.25) is 0 Å². The van der Waals surface area contributed by atoms with Crippen molar-refractivity contribution in [3.8, 4) is 11.5 Å². The maximum absolute atomic E-state index is 5.39. The second kappa shape index (κ2) is 12.6. The van der Waals surface area contributed by atoms with Gasteiger partial charge in [-0.2, -0.15) is 0 Å². The van der Waals surface area contributed by atoms with Crippen LogP contribution in [0.4, 0.5) is 0 Å². The van der Waals surface area contributed by atoms with Crippen molar-refractivity contribution in [1.29, 1.82) is 0 Å². The summed E-state index contributed by atoms with van der Waals surface area (Å²) in [5.41, 5.74) is 1.20. The predicted molar refractivity (Wildman–Crippen MR) is 130 cm³/mol. The van der Waals surface area contributed by atoms with E-state index in [1.165, 1.54) is 5.56 Å². The SMILES string of the molecule is CCNC(=NCCn1ccnc1)NC1CCN(Cc2cc(OC)cc(OC)c2)C1.I. The Morgan fingerprint density at radius 2 is 2.00 bits per heavy atom. The third-order valence-electron chi connectivity index (χ3n) is 4.96. The van der Waals surface area contributed by atoms with Crippen LogP contribution in [0.2, 0.25) is 0 Å². The number of guanidine groups is 1. The van der Waals surface area contributed by atoms with E-state index in [4.69, 9.17) is 14.5 Å². The van der Waals surface area contributed by atoms with E-state index in [2.05, 4.69) is 39.6 Å². The number of nitrogens with zero attached hydrogens (tertiary/aromatic N) is 4. The van der Waals surface area contributed by atoms with Crippen LogP contribution in [0.15, 0.2) is 41.9 Å². The number of ether oxygens (including phenoxy) is 2. The lowest BCUT2D eigenvalue weighted by Gasteiger charge is -2.19. The Kier molecular flexibility index (Phi) is 10.2. The van der Waals surface area contributed by atoms with Crippen molar-refractivity contribution in [2.75, 3.05) is 40.4 Å². The molecule has 1 aliphatic heterocycles. The van der Waals surface area contributed by atoms with Crippen molar-refractivity contribution in [3.63, 3.8) is 0 Å². The number of methoxy groups -OCH3 is 2. The highest BCUT2D eigenvalue weighted by Gasteiger charge is 2.23. The Hall–Kier alpha value is -2.01. The summed E-state index contributed by atoms with van der Waals surface area (Å²) in [6.07, 6.45) is 6.65. The number of nitrogens with one attached hydrogen (secondary N) is 2. The minimum Gasteiger partial charge on any atom is -0.497 e. The van der Waals surface area contributed by atoms with Gasteiger partial charge in [0.05, 0.1) is 27.1 Å². The highest BCUT2D eigenvalue weighted by Crippen LogP contribution is 2.24. The van der Waals surface area contributed by atoms with Crippen molar-refractivity contribution >= 4 is 29.9 Å². The maximum Gasteiger partial charge on any atom is 0.191 e. The highest BCUT2D eigenvalue weighted by molar-refractivity contribution is 14.0. The number of hydrogen-bond donors (Lipinski definition) is 2. The quantitative estimate of drug-likeness (QED) is 0.296. The standard InChI is InChI=1S/C21H32N6O2.HI/c1-4-23-21(24-7-10-26-9-6-22-16-26)25-18-5-8-27(15-18)14-17-11-19(28-2)13-20(12-17)29-3;/h6,9,11-13,16,18H,4-5,7-8,10,14-15H2,1-3H3,(H2,23,24,25);1H. The molecule has 2 heterocycles. The first-order valence-electron chi connectivity index (χ1n) is 10.1. The molecule has 1 aromatic heterocycles. The molecule has 1 saturated heterocycles. The number of aliphatic imine (C=N–C) groups is 1. The van der Waals surface area contributed by atoms with E-state index in [1.54, 1.807) is 20.4 Å². The van der Waals surface area contributed by atoms with E-state index in [0.717, 1.165) is 56.6 Å². The molecule has 0 aliphatic carbocycles. The molecule has 1 aromatic carbocycles. The van der Waals surface area contributed by atoms with Gasteiger partial charge < -0.3 is 24.7 Å². The lowest BCUT2D eigenvalue weighted by molar-refractivity contribution is 0.321. The van der Waals surface area contributed by atoms with Crippen molar-refractivity contribution < 1.29 is 9.47 Å². The molecule has 0 radical (unpaired) electrons. The fourth-order valence-electron chi connectivity index (χ4n) is 3.52. The third-order valence-corrected chi connectivity index (χ3v) is 4.96. The Balaban J connectivity index is 0.00000320. The zero-order valence-corrected chi connectivity index (χ0v) is 20.3. The fourth-order valence-corrected chi connectivity index (χ4v) is 3.52. The molecular formula is C21H33IN6O2. The molecule has 0 bridgehead atoms. The molecule has 3 rings (SSSR count). The lowest BCUT2D eigenvalue weighted by atomic mass is 10.2. The van der Waals surface area contributed by atoms with Crippen molar-refractivity contribution in [2.24, 2.45) is 4.99 Å². The Morgan fingerprint density at radius 1 is 1.23 bits per heavy atom. The molecule has 1 unspecified atom stereocenters. The Bertz CT molecular complexity index is 762. The Labute approximate surface area is 196 Å². The molecule has 2 aromatic rings. The van der Waals surface area contributed by atoms with Crippen LogP contribution in [-0.2, 0) is 13.1 Å². The van der Waals surface area contributed by atoms with E-state index in [9.17, 15) is 0 Å². The number of rotatable bonds is 9. The second-order valence-corrected chi connectivity index (χ2v) is 7.15. The van der Waals surface area contributed by atoms with E-state index < -0.39 is 0 Å². The first kappa shape index (κ1) is 24.3. The Morgan fingerprint density at radius 3 is 2.63 bits per heavy atom. The number of likely N-dealkylation sites (tertiary alicyclic amines) is 1. The molecule has 30 heavy (non-hydrogen) atoms. The summed E-state index contributed by atoms with van der Waals surface area (Å²) >= 11 is 0. The van der Waals surface area contributed by atoms with Gasteiger partial charge in [0, 0.05) is 57.2 Å². The largest absolute Gasteiger partial charge is 0.497 e. The van der Waals surface area contributed by atoms with E-state index in [-0.39, 0.29) is 24.0 Å². The van der Waals surface area contributed by atoms with Crippen LogP contribution in [0.3, 0.4) is 0 Å². The molecule has 8 nitrogen and oxygen atoms in total. The van der Waals surface area contributed by atoms with Gasteiger partial charge in [-0.1, -0.05) is 0 Å². The van der Waals surface area contributed by atoms with E-state index in [0.29, 0.717) is 12.6 Å². The van der Waals surface area contributed by atoms with Gasteiger partial charge in [-0.05, 0) is 31.0 Å². The van der Waals surface area contributed by atoms with Gasteiger partial charge in [0.25, 0.3) is 0 Å². The van der Waals surface area contributed by atoms with Gasteiger partial charge >= 0.3 is 0 Å². The summed E-state index contributed by atoms with van der Waals surface area (Å²) in [4.78, 5) is 11.2. The van der Waals surface area contributed by atoms with Gasteiger partial charge in [-0.25, -0.2) is 4.98 Å². The smallest absolute Gasteiger partial charge is 0.191 e. The van der Waals surface area contributed by atoms with Crippen LogP contribution < -0.4 is 20.1 Å². The molecule has 1 atom stereocenters. The molecule has 0 amide bonds. The monoisotopic (exact) mass is 528 g/mol. The highest BCUT2D eigenvalue weighted by atomic mass is 127. The average molecular weight is 528 g/mol. The molecule has 9 heteroatoms. The minimum atomic E-state index is 0. The molecule has 2 N–H and O–H groups in total. The van der Waals surface area contributed by atoms with E-state index in [1.807, 2.05) is 23.2 Å². The number of imidazole rings is 1. The topological polar surface area (TPSA) is 75.9 Å². The molecule has 0 saturated carbocycles. The molecule has 0 spiro atoms. The summed E-state index contributed by atoms with van der Waals surface area (Å²) in [7, 11) is 3.37. The zero-order chi connectivity index (χ0) is 20.5. The molecular weight excluding hydrogens is 495 g/mol. The van der Waals surface area contributed by atoms with Crippen LogP contribution in [-0.4, -0.2) is 66.9 Å². The summed E-state index contributed by atoms with van der Waals surface area (Å²) < 4.78 is 12.8. The normalized spacial score (nSPS) is 16.8. The fraction of sp³-hybridized carbons (Fsp3) is 0.524. The number of hydrogen-bond acceptors (Lipinski definition) is 5. The lowest BCUT2D eigenvalue weighted by Crippen LogP contribution is -2.44. The first-order valence-corrected chi connectivity index (χ1v) is 10.1. The van der Waals surface area contributed by atoms with Crippen molar-refractivity contribution in [1.82, 2.24) is 25.1 Å². The molecule has 1 fully saturated rings. The summed E-state index contributed by atoms with van der Waals surface area (Å²) in [5.74, 6) is 2.53. The number of halogens is 1. The van der Waals surface area contributed by atoms with Gasteiger partial charge in [0.1, 0.15) is 11.5 Å². The van der Waals surface area contributed by atoms with Crippen LogP contribution in [0, 0.1) is 0 Å². The van der Waals surface area contributed by atoms with Crippen LogP contribution in [0.5, 0.6) is 11.5 Å². The first-order chi connectivity index (χ1) is 14.2. The van der Waals surface area contributed by atoms with Gasteiger partial charge in [0.15, 0.2) is 5.96 Å². The number of aromatic nitrogens is 2. The molecule has 1 aliphatic rings. The number of benzene rings is 1. The van der Waals surface area contributed by atoms with Crippen molar-refractivity contribution in [2.45, 2.75) is 32.5 Å². The van der Waals surface area contributed by atoms with Crippen LogP contribution >= 0.6 is 24.0 Å². The van der Waals surface area contributed by atoms with E-state index >= 15 is 0 Å². The van der Waals surface area contributed by atoms with Gasteiger partial charge in [-0.3, -0.25) is 9.89 Å². The minimum absolute atomic E-state index is 0.